The van der Waals surface area contributed by atoms with Gasteiger partial charge in [0, 0.05) is 17.2 Å². The van der Waals surface area contributed by atoms with E-state index in [0.29, 0.717) is 29.3 Å². The first kappa shape index (κ1) is 10.8. The fourth-order valence-corrected chi connectivity index (χ4v) is 1.11. The monoisotopic (exact) mass is 203 g/mol. The highest BCUT2D eigenvalue weighted by Gasteiger charge is 1.97. The Kier molecular flexibility index (Phi) is 3.51. The molecule has 0 saturated heterocycles. The van der Waals surface area contributed by atoms with Crippen LogP contribution in [0.15, 0.2) is 24.3 Å². The highest BCUT2D eigenvalue weighted by molar-refractivity contribution is 5.91. The lowest BCUT2D eigenvalue weighted by molar-refractivity contribution is -0.113. The molecule has 0 spiro atoms. The Morgan fingerprint density at radius 3 is 1.87 bits per heavy atom. The van der Waals surface area contributed by atoms with E-state index in [1.165, 1.54) is 18.2 Å². The predicted molar refractivity (Wildman–Crippen MR) is 55.4 cm³/mol. The Labute approximate surface area is 86.4 Å². The van der Waals surface area contributed by atoms with Gasteiger partial charge < -0.3 is 5.73 Å². The van der Waals surface area contributed by atoms with E-state index in [-0.39, 0.29) is 0 Å². The molecule has 1 rings (SSSR count). The van der Waals surface area contributed by atoms with E-state index in [2.05, 4.69) is 0 Å². The van der Waals surface area contributed by atoms with E-state index in [9.17, 15) is 14.4 Å². The number of benzene rings is 1. The highest BCUT2D eigenvalue weighted by Crippen LogP contribution is 2.09. The van der Waals surface area contributed by atoms with Crippen molar-refractivity contribution in [2.24, 2.45) is 5.73 Å². The lowest BCUT2D eigenvalue weighted by Crippen LogP contribution is -2.05. The number of amides is 1. The van der Waals surface area contributed by atoms with Gasteiger partial charge in [-0.25, -0.2) is 0 Å². The van der Waals surface area contributed by atoms with Crippen LogP contribution in [0.4, 0.5) is 0 Å². The van der Waals surface area contributed by atoms with Crippen LogP contribution in [-0.4, -0.2) is 18.5 Å². The van der Waals surface area contributed by atoms with E-state index in [4.69, 9.17) is 5.73 Å². The standard InChI is InChI=1S/C11H9NO3/c12-11(15)2-1-8-3-9(6-13)5-10(4-8)7-14/h1-7H,(H2,12,15). The van der Waals surface area contributed by atoms with Gasteiger partial charge >= 0.3 is 0 Å². The van der Waals surface area contributed by atoms with Crippen LogP contribution >= 0.6 is 0 Å². The van der Waals surface area contributed by atoms with Crippen LogP contribution in [0.1, 0.15) is 26.3 Å². The van der Waals surface area contributed by atoms with E-state index in [0.717, 1.165) is 0 Å². The molecule has 2 N–H and O–H groups in total. The summed E-state index contributed by atoms with van der Waals surface area (Å²) in [6, 6.07) is 4.57. The van der Waals surface area contributed by atoms with Crippen LogP contribution in [0.2, 0.25) is 0 Å². The van der Waals surface area contributed by atoms with Crippen LogP contribution in [0.5, 0.6) is 0 Å². The van der Waals surface area contributed by atoms with Crippen molar-refractivity contribution in [2.45, 2.75) is 0 Å². The minimum atomic E-state index is -0.584. The van der Waals surface area contributed by atoms with Crippen LogP contribution in [-0.2, 0) is 4.79 Å². The number of rotatable bonds is 4. The van der Waals surface area contributed by atoms with Gasteiger partial charge in [0.1, 0.15) is 12.6 Å². The van der Waals surface area contributed by atoms with Gasteiger partial charge in [-0.3, -0.25) is 14.4 Å². The molecule has 0 atom stereocenters. The van der Waals surface area contributed by atoms with Gasteiger partial charge in [0.05, 0.1) is 0 Å². The molecular formula is C11H9NO3. The first-order chi connectivity index (χ1) is 7.15. The third-order valence-corrected chi connectivity index (χ3v) is 1.71. The molecule has 0 heterocycles. The number of carbonyl (C=O) groups excluding carboxylic acids is 3. The molecule has 1 aromatic rings. The lowest BCUT2D eigenvalue weighted by Gasteiger charge is -1.97. The number of hydrogen-bond donors (Lipinski definition) is 1. The summed E-state index contributed by atoms with van der Waals surface area (Å²) in [6.07, 6.45) is 3.88. The molecule has 0 unspecified atom stereocenters. The second-order valence-electron chi connectivity index (χ2n) is 2.90. The minimum Gasteiger partial charge on any atom is -0.366 e. The van der Waals surface area contributed by atoms with Crippen molar-refractivity contribution in [3.63, 3.8) is 0 Å². The molecule has 4 heteroatoms. The maximum atomic E-state index is 10.5. The molecule has 0 saturated carbocycles. The maximum Gasteiger partial charge on any atom is 0.241 e. The normalized spacial score (nSPS) is 10.1. The molecule has 0 bridgehead atoms. The van der Waals surface area contributed by atoms with Gasteiger partial charge in [-0.1, -0.05) is 0 Å². The predicted octanol–water partition coefficient (Wildman–Crippen LogP) is 0.810. The Balaban J connectivity index is 3.12. The fraction of sp³-hybridized carbons (Fsp3) is 0. The van der Waals surface area contributed by atoms with E-state index < -0.39 is 5.91 Å². The zero-order chi connectivity index (χ0) is 11.3. The van der Waals surface area contributed by atoms with Gasteiger partial charge in [-0.15, -0.1) is 0 Å². The van der Waals surface area contributed by atoms with Crippen molar-refractivity contribution in [3.8, 4) is 0 Å². The number of hydrogen-bond acceptors (Lipinski definition) is 3. The van der Waals surface area contributed by atoms with Gasteiger partial charge in [-0.2, -0.15) is 0 Å². The third-order valence-electron chi connectivity index (χ3n) is 1.71. The molecule has 4 nitrogen and oxygen atoms in total. The molecule has 1 amide bonds. The van der Waals surface area contributed by atoms with Crippen molar-refractivity contribution in [3.05, 3.63) is 41.0 Å². The zero-order valence-electron chi connectivity index (χ0n) is 7.84. The van der Waals surface area contributed by atoms with Gasteiger partial charge in [0.15, 0.2) is 0 Å². The van der Waals surface area contributed by atoms with Crippen LogP contribution < -0.4 is 5.73 Å². The number of carbonyl (C=O) groups is 3. The van der Waals surface area contributed by atoms with Gasteiger partial charge in [-0.05, 0) is 29.8 Å². The largest absolute Gasteiger partial charge is 0.366 e. The van der Waals surface area contributed by atoms with Crippen molar-refractivity contribution >= 4 is 24.6 Å². The quantitative estimate of drug-likeness (QED) is 0.581. The molecule has 0 aliphatic carbocycles. The summed E-state index contributed by atoms with van der Waals surface area (Å²) in [5, 5.41) is 0. The number of primary amides is 1. The lowest BCUT2D eigenvalue weighted by atomic mass is 10.1. The second kappa shape index (κ2) is 4.85. The Morgan fingerprint density at radius 1 is 1.00 bits per heavy atom. The highest BCUT2D eigenvalue weighted by atomic mass is 16.1. The summed E-state index contributed by atoms with van der Waals surface area (Å²) < 4.78 is 0. The summed E-state index contributed by atoms with van der Waals surface area (Å²) in [7, 11) is 0. The molecule has 0 radical (unpaired) electrons. The molecule has 0 aliphatic heterocycles. The Morgan fingerprint density at radius 2 is 1.47 bits per heavy atom. The summed E-state index contributed by atoms with van der Waals surface area (Å²) in [6.45, 7) is 0. The molecule has 0 aromatic heterocycles. The van der Waals surface area contributed by atoms with Gasteiger partial charge in [0.2, 0.25) is 5.91 Å². The van der Waals surface area contributed by atoms with Crippen LogP contribution in [0.3, 0.4) is 0 Å². The SMILES string of the molecule is NC(=O)C=Cc1cc(C=O)cc(C=O)c1. The van der Waals surface area contributed by atoms with Crippen molar-refractivity contribution in [1.82, 2.24) is 0 Å². The average molecular weight is 203 g/mol. The number of aldehydes is 2. The van der Waals surface area contributed by atoms with Crippen LogP contribution in [0.25, 0.3) is 6.08 Å². The zero-order valence-corrected chi connectivity index (χ0v) is 7.84. The molecule has 0 fully saturated rings. The molecule has 76 valence electrons. The maximum absolute atomic E-state index is 10.5. The van der Waals surface area contributed by atoms with E-state index in [1.54, 1.807) is 12.1 Å². The molecule has 15 heavy (non-hydrogen) atoms. The first-order valence-electron chi connectivity index (χ1n) is 4.18. The van der Waals surface area contributed by atoms with Crippen LogP contribution in [0, 0.1) is 0 Å². The van der Waals surface area contributed by atoms with Gasteiger partial charge in [0.25, 0.3) is 0 Å². The number of nitrogens with two attached hydrogens (primary N) is 1. The van der Waals surface area contributed by atoms with Crippen molar-refractivity contribution < 1.29 is 14.4 Å². The third kappa shape index (κ3) is 3.19. The smallest absolute Gasteiger partial charge is 0.241 e. The van der Waals surface area contributed by atoms with E-state index >= 15 is 0 Å². The summed E-state index contributed by atoms with van der Waals surface area (Å²) >= 11 is 0. The Bertz CT molecular complexity index is 409. The molecule has 0 aliphatic rings. The van der Waals surface area contributed by atoms with Crippen molar-refractivity contribution in [1.29, 1.82) is 0 Å². The van der Waals surface area contributed by atoms with Crippen molar-refractivity contribution in [2.75, 3.05) is 0 Å². The molecular weight excluding hydrogens is 194 g/mol. The first-order valence-corrected chi connectivity index (χ1v) is 4.18. The topological polar surface area (TPSA) is 77.2 Å². The van der Waals surface area contributed by atoms with E-state index in [1.807, 2.05) is 0 Å². The second-order valence-corrected chi connectivity index (χ2v) is 2.90. The summed E-state index contributed by atoms with van der Waals surface area (Å²) in [5.74, 6) is -0.584. The minimum absolute atomic E-state index is 0.378. The Hall–Kier alpha value is -2.23. The summed E-state index contributed by atoms with van der Waals surface area (Å²) in [4.78, 5) is 31.5. The fourth-order valence-electron chi connectivity index (χ4n) is 1.11. The summed E-state index contributed by atoms with van der Waals surface area (Å²) in [5.41, 5.74) is 6.26. The average Bonchev–Trinajstić information content (AvgIpc) is 2.25. The molecule has 1 aromatic carbocycles.